The van der Waals surface area contributed by atoms with E-state index in [1.165, 1.54) is 17.8 Å². The van der Waals surface area contributed by atoms with Crippen LogP contribution in [0.3, 0.4) is 0 Å². The van der Waals surface area contributed by atoms with Crippen LogP contribution in [0.15, 0.2) is 69.5 Å². The van der Waals surface area contributed by atoms with Crippen LogP contribution in [0.1, 0.15) is 21.6 Å². The fraction of sp³-hybridized carbons (Fsp3) is 0.355. The van der Waals surface area contributed by atoms with Gasteiger partial charge in [-0.25, -0.2) is 18.4 Å². The zero-order valence-electron chi connectivity index (χ0n) is 26.4. The molecule has 1 aliphatic heterocycles. The molecule has 0 radical (unpaired) electrons. The summed E-state index contributed by atoms with van der Waals surface area (Å²) in [6, 6.07) is 14.9. The number of carbonyl (C=O) groups excluding carboxylic acids is 1. The number of nitrogens with two attached hydrogens (primary N) is 1. The van der Waals surface area contributed by atoms with Crippen molar-refractivity contribution < 1.29 is 17.9 Å². The minimum atomic E-state index is -3.74. The summed E-state index contributed by atoms with van der Waals surface area (Å²) in [7, 11) is 2.02. The Bertz CT molecular complexity index is 1770. The van der Waals surface area contributed by atoms with Gasteiger partial charge < -0.3 is 25.6 Å². The molecule has 5 rings (SSSR count). The van der Waals surface area contributed by atoms with Gasteiger partial charge >= 0.3 is 0 Å². The third-order valence-corrected chi connectivity index (χ3v) is 10.1. The highest BCUT2D eigenvalue weighted by Gasteiger charge is 2.26. The van der Waals surface area contributed by atoms with Crippen LogP contribution in [-0.2, 0) is 15.6 Å². The van der Waals surface area contributed by atoms with Gasteiger partial charge in [-0.05, 0) is 68.7 Å². The Morgan fingerprint density at radius 1 is 1.09 bits per heavy atom. The van der Waals surface area contributed by atoms with Gasteiger partial charge in [0.25, 0.3) is 0 Å². The molecule has 4 aromatic rings. The maximum Gasteiger partial charge on any atom is 0.249 e. The van der Waals surface area contributed by atoms with Gasteiger partial charge in [-0.3, -0.25) is 14.8 Å². The molecule has 0 aliphatic carbocycles. The maximum atomic E-state index is 13.2. The lowest BCUT2D eigenvalue weighted by atomic mass is 10.1. The molecule has 0 saturated carbocycles. The molecule has 2 aromatic carbocycles. The molecule has 15 heteroatoms. The number of methoxy groups -OCH3 is 1. The average Bonchev–Trinajstić information content (AvgIpc) is 3.44. The summed E-state index contributed by atoms with van der Waals surface area (Å²) in [6.07, 6.45) is 0. The van der Waals surface area contributed by atoms with Gasteiger partial charge in [0, 0.05) is 61.5 Å². The van der Waals surface area contributed by atoms with Gasteiger partial charge in [-0.1, -0.05) is 18.2 Å². The molecule has 0 spiro atoms. The Kier molecular flexibility index (Phi) is 10.5. The number of aromatic amines is 1. The molecule has 0 unspecified atom stereocenters. The molecule has 2 aromatic heterocycles. The maximum absolute atomic E-state index is 13.2. The number of ether oxygens (including phenoxy) is 1. The topological polar surface area (TPSA) is 163 Å². The number of benzene rings is 2. The van der Waals surface area contributed by atoms with E-state index in [0.29, 0.717) is 33.9 Å². The van der Waals surface area contributed by atoms with Gasteiger partial charge in [0.05, 0.1) is 17.8 Å². The zero-order valence-corrected chi connectivity index (χ0v) is 28.0. The van der Waals surface area contributed by atoms with E-state index in [1.54, 1.807) is 49.6 Å². The number of sulfone groups is 1. The predicted octanol–water partition coefficient (Wildman–Crippen LogP) is 3.17. The van der Waals surface area contributed by atoms with Gasteiger partial charge in [-0.15, -0.1) is 0 Å². The van der Waals surface area contributed by atoms with Crippen molar-refractivity contribution in [1.82, 2.24) is 30.0 Å². The van der Waals surface area contributed by atoms with E-state index >= 15 is 0 Å². The minimum Gasteiger partial charge on any atom is -0.490 e. The minimum absolute atomic E-state index is 0.135. The first kappa shape index (κ1) is 33.2. The van der Waals surface area contributed by atoms with Crippen LogP contribution in [-0.4, -0.2) is 105 Å². The first-order valence-electron chi connectivity index (χ1n) is 14.8. The molecule has 0 bridgehead atoms. The number of nitrogens with zero attached hydrogens (tertiary/aromatic N) is 6. The van der Waals surface area contributed by atoms with Crippen LogP contribution in [0.2, 0.25) is 0 Å². The number of amides is 1. The summed E-state index contributed by atoms with van der Waals surface area (Å²) in [5, 5.41) is 11.0. The normalized spacial score (nSPS) is 14.1. The first-order valence-corrected chi connectivity index (χ1v) is 17.2. The Balaban J connectivity index is 1.39. The highest BCUT2D eigenvalue weighted by molar-refractivity contribution is 7.99. The lowest BCUT2D eigenvalue weighted by Gasteiger charge is -2.36. The number of hydrogen-bond donors (Lipinski definition) is 3. The standard InChI is InChI=1S/C31H39N9O4S2/c1-21-19-26(37-36-21)33-29-27(44-4)30(40-17-15-39(16-18-40)14-13-38(2)3)35-31(34-29)45-23-9-11-24(12-10-23)46(42,43)20-22-7-5-6-8-25(22)28(32)41/h5-12,19H,13-18,20H2,1-4H3,(H2,32,41)(H2,33,34,35,36,37). The van der Waals surface area contributed by atoms with E-state index in [0.717, 1.165) is 49.9 Å². The number of H-pyrrole nitrogens is 1. The van der Waals surface area contributed by atoms with Crippen molar-refractivity contribution in [2.24, 2.45) is 5.73 Å². The zero-order chi connectivity index (χ0) is 32.8. The van der Waals surface area contributed by atoms with Crippen molar-refractivity contribution in [1.29, 1.82) is 0 Å². The lowest BCUT2D eigenvalue weighted by molar-refractivity contribution is 0.0999. The van der Waals surface area contributed by atoms with Crippen molar-refractivity contribution in [3.8, 4) is 5.75 Å². The molecule has 13 nitrogen and oxygen atoms in total. The number of hydrogen-bond acceptors (Lipinski definition) is 12. The Morgan fingerprint density at radius 2 is 1.80 bits per heavy atom. The second-order valence-electron chi connectivity index (χ2n) is 11.3. The lowest BCUT2D eigenvalue weighted by Crippen LogP contribution is -2.48. The van der Waals surface area contributed by atoms with Gasteiger partial charge in [0.1, 0.15) is 0 Å². The Morgan fingerprint density at radius 3 is 2.43 bits per heavy atom. The van der Waals surface area contributed by atoms with E-state index in [2.05, 4.69) is 44.3 Å². The fourth-order valence-electron chi connectivity index (χ4n) is 5.07. The van der Waals surface area contributed by atoms with Crippen LogP contribution in [0.4, 0.5) is 17.5 Å². The molecular weight excluding hydrogens is 627 g/mol. The summed E-state index contributed by atoms with van der Waals surface area (Å²) in [5.41, 5.74) is 6.90. The van der Waals surface area contributed by atoms with Gasteiger partial charge in [0.2, 0.25) is 11.7 Å². The van der Waals surface area contributed by atoms with Crippen LogP contribution < -0.4 is 20.7 Å². The molecule has 46 heavy (non-hydrogen) atoms. The molecule has 3 heterocycles. The van der Waals surface area contributed by atoms with Crippen molar-refractivity contribution in [3.63, 3.8) is 0 Å². The third-order valence-electron chi connectivity index (χ3n) is 7.54. The van der Waals surface area contributed by atoms with Gasteiger partial charge in [0.15, 0.2) is 32.4 Å². The molecule has 1 aliphatic rings. The quantitative estimate of drug-likeness (QED) is 0.179. The second-order valence-corrected chi connectivity index (χ2v) is 14.3. The summed E-state index contributed by atoms with van der Waals surface area (Å²) in [5.74, 6) is 1.26. The number of nitrogens with one attached hydrogen (secondary N) is 2. The number of rotatable bonds is 13. The highest BCUT2D eigenvalue weighted by Crippen LogP contribution is 2.38. The SMILES string of the molecule is COc1c(Nc2cc(C)[nH]n2)nc(Sc2ccc(S(=O)(=O)Cc3ccccc3C(N)=O)cc2)nc1N1CCN(CCN(C)C)CC1. The van der Waals surface area contributed by atoms with Crippen molar-refractivity contribution in [3.05, 3.63) is 71.4 Å². The van der Waals surface area contributed by atoms with E-state index in [1.807, 2.05) is 13.0 Å². The molecule has 1 fully saturated rings. The number of primary amides is 1. The number of piperazine rings is 1. The highest BCUT2D eigenvalue weighted by atomic mass is 32.2. The van der Waals surface area contributed by atoms with Crippen LogP contribution in [0.5, 0.6) is 5.75 Å². The summed E-state index contributed by atoms with van der Waals surface area (Å²) >= 11 is 1.31. The second kappa shape index (κ2) is 14.5. The Labute approximate surface area is 273 Å². The van der Waals surface area contributed by atoms with Crippen LogP contribution >= 0.6 is 11.8 Å². The molecule has 244 valence electrons. The molecular formula is C31H39N9O4S2. The molecule has 1 amide bonds. The largest absolute Gasteiger partial charge is 0.490 e. The number of carbonyl (C=O) groups is 1. The fourth-order valence-corrected chi connectivity index (χ4v) is 7.21. The number of anilines is 3. The Hall–Kier alpha value is -4.18. The summed E-state index contributed by atoms with van der Waals surface area (Å²) in [4.78, 5) is 29.2. The van der Waals surface area contributed by atoms with E-state index in [4.69, 9.17) is 20.4 Å². The van der Waals surface area contributed by atoms with Crippen molar-refractivity contribution in [2.45, 2.75) is 27.6 Å². The smallest absolute Gasteiger partial charge is 0.249 e. The van der Waals surface area contributed by atoms with Gasteiger partial charge in [-0.2, -0.15) is 5.10 Å². The average molecular weight is 666 g/mol. The van der Waals surface area contributed by atoms with Crippen molar-refractivity contribution >= 4 is 45.0 Å². The number of aryl methyl sites for hydroxylation is 1. The van der Waals surface area contributed by atoms with Crippen LogP contribution in [0, 0.1) is 6.92 Å². The third kappa shape index (κ3) is 8.15. The summed E-state index contributed by atoms with van der Waals surface area (Å²) in [6.45, 7) is 7.25. The predicted molar refractivity (Wildman–Crippen MR) is 179 cm³/mol. The molecule has 1 saturated heterocycles. The number of aromatic nitrogens is 4. The van der Waals surface area contributed by atoms with E-state index in [9.17, 15) is 13.2 Å². The summed E-state index contributed by atoms with van der Waals surface area (Å²) < 4.78 is 32.3. The molecule has 4 N–H and O–H groups in total. The van der Waals surface area contributed by atoms with Crippen molar-refractivity contribution in [2.75, 3.05) is 70.7 Å². The number of likely N-dealkylation sites (N-methyl/N-ethyl adjacent to an activating group) is 1. The first-order chi connectivity index (χ1) is 22.0. The van der Waals surface area contributed by atoms with E-state index in [-0.39, 0.29) is 16.2 Å². The molecule has 0 atom stereocenters. The van der Waals surface area contributed by atoms with Crippen LogP contribution in [0.25, 0.3) is 0 Å². The monoisotopic (exact) mass is 665 g/mol. The van der Waals surface area contributed by atoms with E-state index < -0.39 is 15.7 Å².